The van der Waals surface area contributed by atoms with Crippen molar-refractivity contribution in [3.63, 3.8) is 0 Å². The minimum Gasteiger partial charge on any atom is -0.368 e. The molecule has 1 heterocycles. The Morgan fingerprint density at radius 2 is 1.49 bits per heavy atom. The van der Waals surface area contributed by atoms with Crippen LogP contribution in [0.3, 0.4) is 0 Å². The number of amides is 1. The Morgan fingerprint density at radius 1 is 0.894 bits per heavy atom. The Labute approximate surface area is 276 Å². The molecule has 47 heavy (non-hydrogen) atoms. The van der Waals surface area contributed by atoms with Crippen molar-refractivity contribution in [1.82, 2.24) is 9.47 Å². The van der Waals surface area contributed by atoms with Gasteiger partial charge in [-0.15, -0.1) is 11.8 Å². The summed E-state index contributed by atoms with van der Waals surface area (Å²) in [5, 5.41) is 0.639. The van der Waals surface area contributed by atoms with Crippen LogP contribution < -0.4 is 11.2 Å². The molecule has 4 aromatic rings. The third kappa shape index (κ3) is 7.65. The van der Waals surface area contributed by atoms with E-state index >= 15 is 0 Å². The Hall–Kier alpha value is -3.89. The number of pyridine rings is 1. The third-order valence-electron chi connectivity index (χ3n) is 9.15. The molecule has 0 radical (unpaired) electrons. The number of carbonyl (C=O) groups is 1. The SMILES string of the molecule is CCN(CC)CCC(Cc1ccc(-c2ccc(C(F)(F)F)cc2)cc1)(C(N)=O)n1c(SCc2ccc(F)cc2)cc(=O)c2c1CCC2. The fraction of sp³-hybridized carbons (Fsp3) is 0.351. The number of hydrogen-bond acceptors (Lipinski definition) is 4. The van der Waals surface area contributed by atoms with E-state index < -0.39 is 23.2 Å². The van der Waals surface area contributed by atoms with E-state index in [0.717, 1.165) is 54.0 Å². The second kappa shape index (κ2) is 14.5. The standard InChI is InChI=1S/C37H39F4N3O2S/c1-3-43(4-2)21-20-36(35(42)46,23-25-8-12-27(13-9-25)28-14-16-29(17-15-28)37(39,40)41)44-32-7-5-6-31(32)33(45)22-34(44)47-24-26-10-18-30(38)19-11-26/h8-19,22H,3-7,20-21,23-24H2,1-2H3,(H2,42,46). The highest BCUT2D eigenvalue weighted by atomic mass is 32.2. The first-order chi connectivity index (χ1) is 22.4. The lowest BCUT2D eigenvalue weighted by molar-refractivity contribution is -0.137. The van der Waals surface area contributed by atoms with Crippen molar-refractivity contribution in [2.24, 2.45) is 5.73 Å². The number of nitrogens with zero attached hydrogens (tertiary/aromatic N) is 2. The van der Waals surface area contributed by atoms with Gasteiger partial charge in [-0.1, -0.05) is 62.4 Å². The van der Waals surface area contributed by atoms with E-state index in [1.165, 1.54) is 36.0 Å². The molecule has 0 saturated heterocycles. The maximum Gasteiger partial charge on any atom is 0.416 e. The van der Waals surface area contributed by atoms with Crippen LogP contribution in [0.5, 0.6) is 0 Å². The normalized spacial score (nSPS) is 14.3. The quantitative estimate of drug-likeness (QED) is 0.118. The summed E-state index contributed by atoms with van der Waals surface area (Å²) in [5.41, 5.74) is 9.08. The highest BCUT2D eigenvalue weighted by molar-refractivity contribution is 7.98. The van der Waals surface area contributed by atoms with Gasteiger partial charge in [-0.05, 0) is 85.3 Å². The molecule has 0 fully saturated rings. The van der Waals surface area contributed by atoms with Crippen molar-refractivity contribution in [2.75, 3.05) is 19.6 Å². The van der Waals surface area contributed by atoms with Gasteiger partial charge in [-0.2, -0.15) is 13.2 Å². The Bertz CT molecular complexity index is 1750. The van der Waals surface area contributed by atoms with Crippen molar-refractivity contribution in [3.05, 3.63) is 123 Å². The summed E-state index contributed by atoms with van der Waals surface area (Å²) in [6.07, 6.45) is -1.68. The molecule has 10 heteroatoms. The zero-order chi connectivity index (χ0) is 33.8. The van der Waals surface area contributed by atoms with Crippen LogP contribution in [0.1, 0.15) is 54.6 Å². The number of halogens is 4. The minimum atomic E-state index is -4.41. The molecule has 0 bridgehead atoms. The summed E-state index contributed by atoms with van der Waals surface area (Å²) in [7, 11) is 0. The van der Waals surface area contributed by atoms with E-state index in [9.17, 15) is 27.2 Å². The maximum absolute atomic E-state index is 13.9. The number of aromatic nitrogens is 1. The number of primary amides is 1. The minimum absolute atomic E-state index is 0.0571. The van der Waals surface area contributed by atoms with Crippen LogP contribution in [0.25, 0.3) is 11.1 Å². The average molecular weight is 666 g/mol. The van der Waals surface area contributed by atoms with Gasteiger partial charge in [-0.25, -0.2) is 4.39 Å². The molecule has 1 unspecified atom stereocenters. The molecule has 5 nitrogen and oxygen atoms in total. The van der Waals surface area contributed by atoms with Gasteiger partial charge < -0.3 is 15.2 Å². The summed E-state index contributed by atoms with van der Waals surface area (Å²) < 4.78 is 54.9. The molecule has 1 amide bonds. The summed E-state index contributed by atoms with van der Waals surface area (Å²) in [5.74, 6) is -0.370. The summed E-state index contributed by atoms with van der Waals surface area (Å²) >= 11 is 1.43. The van der Waals surface area contributed by atoms with Gasteiger partial charge in [0.2, 0.25) is 5.91 Å². The molecule has 1 aliphatic carbocycles. The molecule has 0 saturated carbocycles. The van der Waals surface area contributed by atoms with Crippen LogP contribution in [0.4, 0.5) is 17.6 Å². The smallest absolute Gasteiger partial charge is 0.368 e. The number of benzene rings is 3. The number of thioether (sulfide) groups is 1. The molecule has 248 valence electrons. The van der Waals surface area contributed by atoms with Crippen molar-refractivity contribution in [3.8, 4) is 11.1 Å². The Morgan fingerprint density at radius 3 is 2.06 bits per heavy atom. The molecule has 0 aliphatic heterocycles. The van der Waals surface area contributed by atoms with Crippen molar-refractivity contribution in [1.29, 1.82) is 0 Å². The first kappa shape index (κ1) is 34.4. The Kier molecular flexibility index (Phi) is 10.6. The van der Waals surface area contributed by atoms with E-state index in [-0.39, 0.29) is 17.7 Å². The number of alkyl halides is 3. The molecule has 1 aromatic heterocycles. The lowest BCUT2D eigenvalue weighted by Crippen LogP contribution is -2.52. The molecule has 3 aromatic carbocycles. The zero-order valence-electron chi connectivity index (χ0n) is 26.6. The Balaban J connectivity index is 1.58. The summed E-state index contributed by atoms with van der Waals surface area (Å²) in [4.78, 5) is 29.5. The third-order valence-corrected chi connectivity index (χ3v) is 10.2. The summed E-state index contributed by atoms with van der Waals surface area (Å²) in [6, 6.07) is 20.3. The van der Waals surface area contributed by atoms with E-state index in [1.54, 1.807) is 18.2 Å². The van der Waals surface area contributed by atoms with E-state index in [0.29, 0.717) is 47.7 Å². The second-order valence-electron chi connectivity index (χ2n) is 12.0. The largest absolute Gasteiger partial charge is 0.416 e. The highest BCUT2D eigenvalue weighted by Gasteiger charge is 2.42. The molecule has 1 aliphatic rings. The zero-order valence-corrected chi connectivity index (χ0v) is 27.4. The number of hydrogen-bond donors (Lipinski definition) is 1. The van der Waals surface area contributed by atoms with Crippen LogP contribution in [-0.4, -0.2) is 35.0 Å². The fourth-order valence-corrected chi connectivity index (χ4v) is 7.55. The van der Waals surface area contributed by atoms with Crippen LogP contribution >= 0.6 is 11.8 Å². The van der Waals surface area contributed by atoms with E-state index in [4.69, 9.17) is 5.73 Å². The lowest BCUT2D eigenvalue weighted by Gasteiger charge is -2.39. The van der Waals surface area contributed by atoms with Gasteiger partial charge in [0.1, 0.15) is 11.4 Å². The predicted molar refractivity (Wildman–Crippen MR) is 179 cm³/mol. The fourth-order valence-electron chi connectivity index (χ4n) is 6.44. The first-order valence-electron chi connectivity index (χ1n) is 15.9. The van der Waals surface area contributed by atoms with Gasteiger partial charge >= 0.3 is 6.18 Å². The number of rotatable bonds is 13. The predicted octanol–water partition coefficient (Wildman–Crippen LogP) is 7.61. The van der Waals surface area contributed by atoms with Gasteiger partial charge in [0.05, 0.1) is 10.6 Å². The molecular formula is C37H39F4N3O2S. The highest BCUT2D eigenvalue weighted by Crippen LogP contribution is 2.38. The van der Waals surface area contributed by atoms with Crippen LogP contribution in [0.15, 0.2) is 88.7 Å². The summed E-state index contributed by atoms with van der Waals surface area (Å²) in [6.45, 7) is 6.32. The first-order valence-corrected chi connectivity index (χ1v) is 16.9. The van der Waals surface area contributed by atoms with Gasteiger partial charge in [0.15, 0.2) is 5.43 Å². The number of nitrogens with two attached hydrogens (primary N) is 1. The number of carbonyl (C=O) groups excluding carboxylic acids is 1. The van der Waals surface area contributed by atoms with Crippen molar-refractivity contribution >= 4 is 17.7 Å². The average Bonchev–Trinajstić information content (AvgIpc) is 3.55. The van der Waals surface area contributed by atoms with Crippen molar-refractivity contribution in [2.45, 2.75) is 68.4 Å². The molecule has 2 N–H and O–H groups in total. The molecule has 0 spiro atoms. The molecule has 1 atom stereocenters. The monoisotopic (exact) mass is 665 g/mol. The van der Waals surface area contributed by atoms with E-state index in [2.05, 4.69) is 18.7 Å². The van der Waals surface area contributed by atoms with E-state index in [1.807, 2.05) is 28.8 Å². The second-order valence-corrected chi connectivity index (χ2v) is 13.0. The van der Waals surface area contributed by atoms with Crippen LogP contribution in [0.2, 0.25) is 0 Å². The van der Waals surface area contributed by atoms with Crippen molar-refractivity contribution < 1.29 is 22.4 Å². The van der Waals surface area contributed by atoms with Gasteiger partial charge in [0, 0.05) is 36.0 Å². The van der Waals surface area contributed by atoms with Crippen LogP contribution in [0, 0.1) is 5.82 Å². The molecule has 5 rings (SSSR count). The molecular weight excluding hydrogens is 626 g/mol. The number of fused-ring (bicyclic) bond motifs is 1. The topological polar surface area (TPSA) is 68.3 Å². The van der Waals surface area contributed by atoms with Gasteiger partial charge in [-0.3, -0.25) is 9.59 Å². The maximum atomic E-state index is 13.9. The lowest BCUT2D eigenvalue weighted by atomic mass is 9.84. The van der Waals surface area contributed by atoms with Gasteiger partial charge in [0.25, 0.3) is 0 Å². The van der Waals surface area contributed by atoms with Crippen LogP contribution in [-0.2, 0) is 41.5 Å².